The van der Waals surface area contributed by atoms with Crippen molar-refractivity contribution in [2.45, 2.75) is 64.7 Å². The predicted octanol–water partition coefficient (Wildman–Crippen LogP) is 5.98. The Kier molecular flexibility index (Phi) is 15.9. The summed E-state index contributed by atoms with van der Waals surface area (Å²) in [6.07, 6.45) is 25.2. The van der Waals surface area contributed by atoms with Crippen molar-refractivity contribution in [1.29, 1.82) is 0 Å². The van der Waals surface area contributed by atoms with Crippen LogP contribution in [0.4, 0.5) is 0 Å². The molecule has 0 heterocycles. The molecule has 0 aliphatic rings. The van der Waals surface area contributed by atoms with Gasteiger partial charge < -0.3 is 5.11 Å². The van der Waals surface area contributed by atoms with Gasteiger partial charge in [-0.2, -0.15) is 0 Å². The highest BCUT2D eigenvalue weighted by atomic mass is 16.4. The van der Waals surface area contributed by atoms with Gasteiger partial charge in [0.15, 0.2) is 0 Å². The third kappa shape index (κ3) is 18.2. The number of hydrogen-bond donors (Lipinski definition) is 1. The van der Waals surface area contributed by atoms with Gasteiger partial charge in [0.2, 0.25) is 0 Å². The average Bonchev–Trinajstić information content (AvgIpc) is 2.50. The number of allylic oxidation sites excluding steroid dienone is 7. The minimum absolute atomic E-state index is 0.298. The molecule has 0 aliphatic heterocycles. The van der Waals surface area contributed by atoms with Gasteiger partial charge in [-0.3, -0.25) is 4.79 Å². The lowest BCUT2D eigenvalue weighted by molar-refractivity contribution is -0.137. The standard InChI is InChI=1S/C20H30O2/c1-2-3-4-5-6-7-8-9-10-11-12-13-14-15-16-17-18-19-20(21)22/h3-4,6-7,9,11-13H,2,5,8,14-19H2,1H3,(H,21,22)/b4-3+,7-6+,13-12+. The van der Waals surface area contributed by atoms with Crippen molar-refractivity contribution in [2.75, 3.05) is 0 Å². The largest absolute Gasteiger partial charge is 0.481 e. The second kappa shape index (κ2) is 17.3. The number of carbonyl (C=O) groups is 1. The Balaban J connectivity index is 3.49. The number of aliphatic carboxylic acids is 1. The molecule has 0 rings (SSSR count). The van der Waals surface area contributed by atoms with Gasteiger partial charge >= 0.3 is 5.97 Å². The van der Waals surface area contributed by atoms with Gasteiger partial charge in [-0.05, 0) is 50.7 Å². The molecule has 2 nitrogen and oxygen atoms in total. The van der Waals surface area contributed by atoms with Crippen LogP contribution in [0, 0.1) is 0 Å². The number of hydrogen-bond acceptors (Lipinski definition) is 1. The van der Waals surface area contributed by atoms with Gasteiger partial charge in [-0.1, -0.05) is 56.2 Å². The highest BCUT2D eigenvalue weighted by Gasteiger charge is 1.95. The first-order valence-corrected chi connectivity index (χ1v) is 8.35. The van der Waals surface area contributed by atoms with E-state index >= 15 is 0 Å². The molecule has 0 radical (unpaired) electrons. The lowest BCUT2D eigenvalue weighted by Gasteiger charge is -1.96. The van der Waals surface area contributed by atoms with Crippen LogP contribution in [0.2, 0.25) is 0 Å². The summed E-state index contributed by atoms with van der Waals surface area (Å²) in [5, 5.41) is 8.51. The zero-order chi connectivity index (χ0) is 16.3. The van der Waals surface area contributed by atoms with Crippen molar-refractivity contribution in [2.24, 2.45) is 0 Å². The van der Waals surface area contributed by atoms with Crippen molar-refractivity contribution in [1.82, 2.24) is 0 Å². The fourth-order valence-electron chi connectivity index (χ4n) is 1.85. The number of unbranched alkanes of at least 4 members (excludes halogenated alkanes) is 4. The van der Waals surface area contributed by atoms with Gasteiger partial charge in [0, 0.05) is 6.42 Å². The SMILES string of the molecule is CC/C=C/C/C=C/CC=C=C/C=C/CCCCCCC(=O)O. The molecule has 0 aromatic rings. The molecule has 122 valence electrons. The van der Waals surface area contributed by atoms with E-state index in [9.17, 15) is 4.79 Å². The molecule has 1 N–H and O–H groups in total. The van der Waals surface area contributed by atoms with Crippen LogP contribution in [0.15, 0.2) is 54.3 Å². The summed E-state index contributed by atoms with van der Waals surface area (Å²) >= 11 is 0. The summed E-state index contributed by atoms with van der Waals surface area (Å²) in [7, 11) is 0. The molecule has 0 amide bonds. The minimum Gasteiger partial charge on any atom is -0.481 e. The Bertz CT molecular complexity index is 407. The summed E-state index contributed by atoms with van der Waals surface area (Å²) in [4.78, 5) is 10.3. The predicted molar refractivity (Wildman–Crippen MR) is 94.9 cm³/mol. The van der Waals surface area contributed by atoms with Gasteiger partial charge in [0.1, 0.15) is 0 Å². The van der Waals surface area contributed by atoms with Crippen LogP contribution in [0.5, 0.6) is 0 Å². The first kappa shape index (κ1) is 20.2. The fraction of sp³-hybridized carbons (Fsp3) is 0.500. The minimum atomic E-state index is -0.691. The van der Waals surface area contributed by atoms with Crippen LogP contribution >= 0.6 is 0 Å². The van der Waals surface area contributed by atoms with Gasteiger partial charge in [0.05, 0.1) is 0 Å². The van der Waals surface area contributed by atoms with Crippen molar-refractivity contribution in [3.63, 3.8) is 0 Å². The van der Waals surface area contributed by atoms with Crippen LogP contribution in [-0.4, -0.2) is 11.1 Å². The van der Waals surface area contributed by atoms with Gasteiger partial charge in [0.25, 0.3) is 0 Å². The lowest BCUT2D eigenvalue weighted by Crippen LogP contribution is -1.93. The van der Waals surface area contributed by atoms with E-state index in [0.717, 1.165) is 51.4 Å². The third-order valence-electron chi connectivity index (χ3n) is 3.05. The first-order valence-electron chi connectivity index (χ1n) is 8.35. The van der Waals surface area contributed by atoms with E-state index in [0.29, 0.717) is 6.42 Å². The maximum atomic E-state index is 10.3. The van der Waals surface area contributed by atoms with Crippen molar-refractivity contribution in [3.8, 4) is 0 Å². The van der Waals surface area contributed by atoms with Gasteiger partial charge in [-0.15, -0.1) is 5.73 Å². The maximum absolute atomic E-state index is 10.3. The summed E-state index contributed by atoms with van der Waals surface area (Å²) < 4.78 is 0. The van der Waals surface area contributed by atoms with Crippen LogP contribution in [-0.2, 0) is 4.79 Å². The zero-order valence-electron chi connectivity index (χ0n) is 13.8. The molecular formula is C20H30O2. The summed E-state index contributed by atoms with van der Waals surface area (Å²) in [6.45, 7) is 2.14. The van der Waals surface area contributed by atoms with Crippen LogP contribution in [0.1, 0.15) is 64.7 Å². The quantitative estimate of drug-likeness (QED) is 0.196. The zero-order valence-corrected chi connectivity index (χ0v) is 13.8. The van der Waals surface area contributed by atoms with E-state index in [4.69, 9.17) is 5.11 Å². The molecule has 0 saturated heterocycles. The Hall–Kier alpha value is -1.79. The summed E-state index contributed by atoms with van der Waals surface area (Å²) in [6, 6.07) is 0. The van der Waals surface area contributed by atoms with Crippen molar-refractivity contribution < 1.29 is 9.90 Å². The van der Waals surface area contributed by atoms with Crippen LogP contribution in [0.25, 0.3) is 0 Å². The number of carboxylic acid groups (broad SMARTS) is 1. The molecule has 0 aromatic heterocycles. The molecule has 0 fully saturated rings. The second-order valence-corrected chi connectivity index (χ2v) is 5.13. The van der Waals surface area contributed by atoms with E-state index in [1.165, 1.54) is 0 Å². The molecule has 2 heteroatoms. The molecule has 0 saturated carbocycles. The van der Waals surface area contributed by atoms with Crippen molar-refractivity contribution >= 4 is 5.97 Å². The Morgan fingerprint density at radius 1 is 0.955 bits per heavy atom. The summed E-state index contributed by atoms with van der Waals surface area (Å²) in [5.74, 6) is -0.691. The third-order valence-corrected chi connectivity index (χ3v) is 3.05. The van der Waals surface area contributed by atoms with E-state index in [-0.39, 0.29) is 0 Å². The normalized spacial score (nSPS) is 11.3. The van der Waals surface area contributed by atoms with E-state index in [1.807, 2.05) is 18.2 Å². The molecule has 0 aliphatic carbocycles. The molecule has 0 atom stereocenters. The Labute approximate surface area is 135 Å². The first-order chi connectivity index (χ1) is 10.8. The van der Waals surface area contributed by atoms with E-state index in [2.05, 4.69) is 43.0 Å². The Morgan fingerprint density at radius 3 is 2.45 bits per heavy atom. The number of rotatable bonds is 13. The highest BCUT2D eigenvalue weighted by molar-refractivity contribution is 5.66. The van der Waals surface area contributed by atoms with Crippen LogP contribution in [0.3, 0.4) is 0 Å². The van der Waals surface area contributed by atoms with E-state index in [1.54, 1.807) is 0 Å². The smallest absolute Gasteiger partial charge is 0.303 e. The topological polar surface area (TPSA) is 37.3 Å². The average molecular weight is 302 g/mol. The second-order valence-electron chi connectivity index (χ2n) is 5.13. The highest BCUT2D eigenvalue weighted by Crippen LogP contribution is 2.05. The number of carboxylic acids is 1. The molecular weight excluding hydrogens is 272 g/mol. The molecule has 0 bridgehead atoms. The summed E-state index contributed by atoms with van der Waals surface area (Å²) in [5.41, 5.74) is 3.14. The van der Waals surface area contributed by atoms with Gasteiger partial charge in [-0.25, -0.2) is 0 Å². The molecule has 0 spiro atoms. The Morgan fingerprint density at radius 2 is 1.68 bits per heavy atom. The fourth-order valence-corrected chi connectivity index (χ4v) is 1.85. The molecule has 0 unspecified atom stereocenters. The maximum Gasteiger partial charge on any atom is 0.303 e. The molecule has 0 aromatic carbocycles. The van der Waals surface area contributed by atoms with Crippen molar-refractivity contribution in [3.05, 3.63) is 54.3 Å². The van der Waals surface area contributed by atoms with Crippen LogP contribution < -0.4 is 0 Å². The van der Waals surface area contributed by atoms with E-state index < -0.39 is 5.97 Å². The monoisotopic (exact) mass is 302 g/mol. The lowest BCUT2D eigenvalue weighted by atomic mass is 10.1. The molecule has 22 heavy (non-hydrogen) atoms.